The molecule has 0 bridgehead atoms. The normalized spacial score (nSPS) is 13.1. The summed E-state index contributed by atoms with van der Waals surface area (Å²) in [5, 5.41) is 10.4. The van der Waals surface area contributed by atoms with E-state index in [1.165, 1.54) is 53.9 Å². The average molecular weight is 358 g/mol. The van der Waals surface area contributed by atoms with Crippen molar-refractivity contribution in [3.8, 4) is 11.1 Å². The Kier molecular flexibility index (Phi) is 3.98. The van der Waals surface area contributed by atoms with Crippen molar-refractivity contribution < 1.29 is 0 Å². The zero-order valence-electron chi connectivity index (χ0n) is 16.2. The van der Waals surface area contributed by atoms with Gasteiger partial charge in [-0.3, -0.25) is 0 Å². The van der Waals surface area contributed by atoms with Crippen LogP contribution in [-0.2, 0) is 0 Å². The van der Waals surface area contributed by atoms with Crippen LogP contribution in [0.2, 0.25) is 0 Å². The van der Waals surface area contributed by atoms with Gasteiger partial charge in [-0.05, 0) is 79.9 Å². The summed E-state index contributed by atoms with van der Waals surface area (Å²) in [6, 6.07) is 30.9. The molecule has 0 unspecified atom stereocenters. The molecule has 0 nitrogen and oxygen atoms in total. The van der Waals surface area contributed by atoms with E-state index in [1.54, 1.807) is 0 Å². The molecule has 0 heteroatoms. The van der Waals surface area contributed by atoms with Crippen molar-refractivity contribution in [1.29, 1.82) is 0 Å². The molecule has 0 fully saturated rings. The molecule has 0 spiro atoms. The van der Waals surface area contributed by atoms with Gasteiger partial charge in [-0.15, -0.1) is 0 Å². The third-order valence-corrected chi connectivity index (χ3v) is 5.76. The van der Waals surface area contributed by atoms with E-state index in [0.29, 0.717) is 0 Å². The lowest BCUT2D eigenvalue weighted by atomic mass is 9.89. The molecule has 0 atom stereocenters. The number of hydrogen-bond acceptors (Lipinski definition) is 0. The fourth-order valence-electron chi connectivity index (χ4n) is 4.49. The fraction of sp³-hybridized carbons (Fsp3) is 0.0714. The molecule has 0 aromatic heterocycles. The fourth-order valence-corrected chi connectivity index (χ4v) is 4.49. The zero-order chi connectivity index (χ0) is 19.1. The number of rotatable bonds is 1. The predicted molar refractivity (Wildman–Crippen MR) is 124 cm³/mol. The smallest absolute Gasteiger partial charge is 0.00238 e. The first kappa shape index (κ1) is 16.8. The average Bonchev–Trinajstić information content (AvgIpc) is 2.77. The summed E-state index contributed by atoms with van der Waals surface area (Å²) >= 11 is 0. The van der Waals surface area contributed by atoms with Crippen molar-refractivity contribution in [2.24, 2.45) is 0 Å². The highest BCUT2D eigenvalue weighted by atomic mass is 14.2. The summed E-state index contributed by atoms with van der Waals surface area (Å²) in [6.45, 7) is 4.27. The third-order valence-electron chi connectivity index (χ3n) is 5.76. The monoisotopic (exact) mass is 358 g/mol. The van der Waals surface area contributed by atoms with Gasteiger partial charge >= 0.3 is 0 Å². The van der Waals surface area contributed by atoms with Crippen molar-refractivity contribution >= 4 is 44.5 Å². The molecular weight excluding hydrogens is 336 g/mol. The summed E-state index contributed by atoms with van der Waals surface area (Å²) in [5.41, 5.74) is 2.64. The van der Waals surface area contributed by atoms with E-state index in [1.807, 2.05) is 0 Å². The van der Waals surface area contributed by atoms with Crippen LogP contribution < -0.4 is 10.4 Å². The molecule has 0 aliphatic carbocycles. The van der Waals surface area contributed by atoms with Gasteiger partial charge < -0.3 is 0 Å². The van der Waals surface area contributed by atoms with Crippen LogP contribution in [-0.4, -0.2) is 0 Å². The highest BCUT2D eigenvalue weighted by Gasteiger charge is 2.12. The largest absolute Gasteiger partial charge is 0.0798 e. The second-order valence-corrected chi connectivity index (χ2v) is 7.24. The summed E-state index contributed by atoms with van der Waals surface area (Å²) in [4.78, 5) is 0. The molecule has 28 heavy (non-hydrogen) atoms. The van der Waals surface area contributed by atoms with Crippen LogP contribution in [0.25, 0.3) is 55.6 Å². The molecule has 5 rings (SSSR count). The van der Waals surface area contributed by atoms with Crippen molar-refractivity contribution in [1.82, 2.24) is 0 Å². The highest BCUT2D eigenvalue weighted by molar-refractivity contribution is 6.16. The van der Waals surface area contributed by atoms with Crippen LogP contribution in [0.15, 0.2) is 84.9 Å². The van der Waals surface area contributed by atoms with Gasteiger partial charge in [0.1, 0.15) is 0 Å². The van der Waals surface area contributed by atoms with E-state index < -0.39 is 0 Å². The maximum atomic E-state index is 2.37. The van der Waals surface area contributed by atoms with Crippen LogP contribution >= 0.6 is 0 Å². The summed E-state index contributed by atoms with van der Waals surface area (Å²) < 4.78 is 0. The van der Waals surface area contributed by atoms with Gasteiger partial charge in [0.15, 0.2) is 0 Å². The SMILES string of the molecule is CC=c1cc2ccccc2c(-c2cc3ccccc3c3ccccc23)c1=CC. The molecule has 0 amide bonds. The van der Waals surface area contributed by atoms with Crippen LogP contribution in [0.5, 0.6) is 0 Å². The van der Waals surface area contributed by atoms with Gasteiger partial charge in [0.05, 0.1) is 0 Å². The Labute approximate surface area is 165 Å². The Morgan fingerprint density at radius 2 is 1.11 bits per heavy atom. The molecule has 0 radical (unpaired) electrons. The maximum absolute atomic E-state index is 2.37. The first-order chi connectivity index (χ1) is 13.8. The lowest BCUT2D eigenvalue weighted by molar-refractivity contribution is 1.53. The lowest BCUT2D eigenvalue weighted by Gasteiger charge is -2.15. The van der Waals surface area contributed by atoms with Crippen LogP contribution in [0.4, 0.5) is 0 Å². The standard InChI is InChI=1S/C28H22/c1-3-19-17-20-11-6-8-14-24(20)28(22(19)4-2)27-18-21-12-5-7-13-23(21)25-15-9-10-16-26(25)27/h3-18H,1-2H3. The summed E-state index contributed by atoms with van der Waals surface area (Å²) in [6.07, 6.45) is 4.47. The molecule has 0 saturated carbocycles. The van der Waals surface area contributed by atoms with Gasteiger partial charge in [0, 0.05) is 0 Å². The molecule has 134 valence electrons. The predicted octanol–water partition coefficient (Wildman–Crippen LogP) is 6.41. The first-order valence-electron chi connectivity index (χ1n) is 9.87. The Bertz CT molecular complexity index is 1470. The minimum atomic E-state index is 1.29. The molecule has 0 saturated heterocycles. The molecule has 5 aromatic rings. The van der Waals surface area contributed by atoms with Crippen LogP contribution in [0, 0.1) is 0 Å². The quantitative estimate of drug-likeness (QED) is 0.304. The van der Waals surface area contributed by atoms with Crippen molar-refractivity contribution in [2.75, 3.05) is 0 Å². The maximum Gasteiger partial charge on any atom is -0.00238 e. The van der Waals surface area contributed by atoms with E-state index >= 15 is 0 Å². The molecule has 0 N–H and O–H groups in total. The number of fused-ring (bicyclic) bond motifs is 4. The molecule has 0 aliphatic heterocycles. The summed E-state index contributed by atoms with van der Waals surface area (Å²) in [7, 11) is 0. The molecular formula is C28H22. The minimum absolute atomic E-state index is 1.29. The molecule has 0 heterocycles. The Balaban J connectivity index is 2.09. The zero-order valence-corrected chi connectivity index (χ0v) is 16.2. The second kappa shape index (κ2) is 6.65. The van der Waals surface area contributed by atoms with Crippen molar-refractivity contribution in [2.45, 2.75) is 13.8 Å². The van der Waals surface area contributed by atoms with Crippen LogP contribution in [0.3, 0.4) is 0 Å². The minimum Gasteiger partial charge on any atom is -0.0798 e. The number of hydrogen-bond donors (Lipinski definition) is 0. The van der Waals surface area contributed by atoms with Crippen molar-refractivity contribution in [3.05, 3.63) is 95.4 Å². The lowest BCUT2D eigenvalue weighted by Crippen LogP contribution is -2.26. The Hall–Kier alpha value is -3.38. The van der Waals surface area contributed by atoms with Gasteiger partial charge in [-0.25, -0.2) is 0 Å². The summed E-state index contributed by atoms with van der Waals surface area (Å²) in [5.74, 6) is 0. The van der Waals surface area contributed by atoms with Gasteiger partial charge in [0.2, 0.25) is 0 Å². The van der Waals surface area contributed by atoms with E-state index in [-0.39, 0.29) is 0 Å². The number of benzene rings is 5. The van der Waals surface area contributed by atoms with E-state index in [2.05, 4.69) is 111 Å². The first-order valence-corrected chi connectivity index (χ1v) is 9.87. The van der Waals surface area contributed by atoms with Gasteiger partial charge in [-0.2, -0.15) is 0 Å². The van der Waals surface area contributed by atoms with E-state index in [0.717, 1.165) is 0 Å². The highest BCUT2D eigenvalue weighted by Crippen LogP contribution is 2.36. The van der Waals surface area contributed by atoms with Crippen LogP contribution in [0.1, 0.15) is 13.8 Å². The Morgan fingerprint density at radius 3 is 1.79 bits per heavy atom. The van der Waals surface area contributed by atoms with E-state index in [4.69, 9.17) is 0 Å². The third kappa shape index (κ3) is 2.46. The van der Waals surface area contributed by atoms with Gasteiger partial charge in [-0.1, -0.05) is 84.9 Å². The topological polar surface area (TPSA) is 0 Å². The molecule has 0 aliphatic rings. The molecule has 5 aromatic carbocycles. The van der Waals surface area contributed by atoms with Gasteiger partial charge in [0.25, 0.3) is 0 Å². The van der Waals surface area contributed by atoms with E-state index in [9.17, 15) is 0 Å². The Morgan fingerprint density at radius 1 is 0.536 bits per heavy atom. The second-order valence-electron chi connectivity index (χ2n) is 7.24. The van der Waals surface area contributed by atoms with Crippen molar-refractivity contribution in [3.63, 3.8) is 0 Å².